The number of hydrogen-bond donors (Lipinski definition) is 2. The van der Waals surface area contributed by atoms with Gasteiger partial charge in [-0.2, -0.15) is 0 Å². The quantitative estimate of drug-likeness (QED) is 0.908. The van der Waals surface area contributed by atoms with Crippen LogP contribution in [0.4, 0.5) is 5.69 Å². The summed E-state index contributed by atoms with van der Waals surface area (Å²) in [5, 5.41) is 11.6. The van der Waals surface area contributed by atoms with Gasteiger partial charge in [0.15, 0.2) is 10.4 Å². The number of carbonyl (C=O) groups excluding carboxylic acids is 1. The Bertz CT molecular complexity index is 575. The Labute approximate surface area is 119 Å². The highest BCUT2D eigenvalue weighted by molar-refractivity contribution is 9.10. The van der Waals surface area contributed by atoms with Crippen LogP contribution in [0.15, 0.2) is 39.4 Å². The number of amides is 1. The minimum Gasteiger partial charge on any atom is -0.444 e. The Kier molecular flexibility index (Phi) is 4.39. The van der Waals surface area contributed by atoms with Gasteiger partial charge >= 0.3 is 0 Å². The van der Waals surface area contributed by atoms with Crippen molar-refractivity contribution in [2.75, 3.05) is 11.9 Å². The molecule has 0 radical (unpaired) electrons. The lowest BCUT2D eigenvalue weighted by Gasteiger charge is -2.05. The normalized spacial score (nSPS) is 10.5. The van der Waals surface area contributed by atoms with Crippen LogP contribution in [0.2, 0.25) is 0 Å². The third-order valence-corrected chi connectivity index (χ3v) is 3.10. The standard InChI is InChI=1S/C14H14BrNO3/c1-9-8-12(15)19-13(9)14(18)16-11-4-2-10(3-5-11)6-7-17/h2-5,8,17H,6-7H2,1H3,(H,16,18). The van der Waals surface area contributed by atoms with Gasteiger partial charge in [0, 0.05) is 17.9 Å². The van der Waals surface area contributed by atoms with Gasteiger partial charge in [-0.15, -0.1) is 0 Å². The van der Waals surface area contributed by atoms with Gasteiger partial charge in [0.05, 0.1) is 0 Å². The van der Waals surface area contributed by atoms with E-state index in [4.69, 9.17) is 9.52 Å². The van der Waals surface area contributed by atoms with Crippen molar-refractivity contribution in [2.24, 2.45) is 0 Å². The molecule has 4 nitrogen and oxygen atoms in total. The molecule has 0 atom stereocenters. The van der Waals surface area contributed by atoms with Crippen LogP contribution in [-0.4, -0.2) is 17.6 Å². The molecule has 0 saturated carbocycles. The van der Waals surface area contributed by atoms with Crippen molar-refractivity contribution >= 4 is 27.5 Å². The Morgan fingerprint density at radius 1 is 1.37 bits per heavy atom. The van der Waals surface area contributed by atoms with Crippen molar-refractivity contribution < 1.29 is 14.3 Å². The van der Waals surface area contributed by atoms with E-state index in [2.05, 4.69) is 21.2 Å². The van der Waals surface area contributed by atoms with E-state index in [0.717, 1.165) is 11.1 Å². The van der Waals surface area contributed by atoms with Crippen LogP contribution in [0, 0.1) is 6.92 Å². The van der Waals surface area contributed by atoms with Crippen LogP contribution in [0.25, 0.3) is 0 Å². The molecule has 5 heteroatoms. The van der Waals surface area contributed by atoms with E-state index < -0.39 is 0 Å². The fraction of sp³-hybridized carbons (Fsp3) is 0.214. The molecule has 2 aromatic rings. The third-order valence-electron chi connectivity index (χ3n) is 2.71. The van der Waals surface area contributed by atoms with E-state index in [-0.39, 0.29) is 12.5 Å². The predicted molar refractivity (Wildman–Crippen MR) is 76.3 cm³/mol. The van der Waals surface area contributed by atoms with Crippen molar-refractivity contribution in [3.8, 4) is 0 Å². The molecule has 2 N–H and O–H groups in total. The van der Waals surface area contributed by atoms with Crippen molar-refractivity contribution in [1.82, 2.24) is 0 Å². The molecular weight excluding hydrogens is 310 g/mol. The highest BCUT2D eigenvalue weighted by Crippen LogP contribution is 2.21. The number of aryl methyl sites for hydroxylation is 1. The van der Waals surface area contributed by atoms with Gasteiger partial charge in [-0.3, -0.25) is 4.79 Å². The maximum Gasteiger partial charge on any atom is 0.291 e. The zero-order chi connectivity index (χ0) is 13.8. The topological polar surface area (TPSA) is 62.5 Å². The maximum atomic E-state index is 12.0. The molecule has 0 aliphatic heterocycles. The van der Waals surface area contributed by atoms with E-state index in [9.17, 15) is 4.79 Å². The van der Waals surface area contributed by atoms with E-state index >= 15 is 0 Å². The number of anilines is 1. The fourth-order valence-corrected chi connectivity index (χ4v) is 2.25. The van der Waals surface area contributed by atoms with Crippen molar-refractivity contribution in [3.63, 3.8) is 0 Å². The first-order valence-corrected chi connectivity index (χ1v) is 6.66. The molecule has 0 aliphatic rings. The van der Waals surface area contributed by atoms with Gasteiger partial charge in [0.25, 0.3) is 5.91 Å². The number of benzene rings is 1. The Morgan fingerprint density at radius 3 is 2.58 bits per heavy atom. The monoisotopic (exact) mass is 323 g/mol. The Hall–Kier alpha value is -1.59. The second kappa shape index (κ2) is 6.04. The average Bonchev–Trinajstić information content (AvgIpc) is 2.71. The van der Waals surface area contributed by atoms with Crippen LogP contribution in [0.5, 0.6) is 0 Å². The summed E-state index contributed by atoms with van der Waals surface area (Å²) in [6.45, 7) is 1.93. The van der Waals surface area contributed by atoms with Gasteiger partial charge in [-0.25, -0.2) is 0 Å². The van der Waals surface area contributed by atoms with Crippen LogP contribution in [0.1, 0.15) is 21.7 Å². The number of aliphatic hydroxyl groups is 1. The summed E-state index contributed by atoms with van der Waals surface area (Å²) in [5.41, 5.74) is 2.50. The molecule has 0 fully saturated rings. The molecule has 1 aromatic heterocycles. The molecule has 19 heavy (non-hydrogen) atoms. The summed E-state index contributed by atoms with van der Waals surface area (Å²) in [6.07, 6.45) is 0.610. The zero-order valence-corrected chi connectivity index (χ0v) is 12.0. The highest BCUT2D eigenvalue weighted by atomic mass is 79.9. The first-order valence-electron chi connectivity index (χ1n) is 5.87. The summed E-state index contributed by atoms with van der Waals surface area (Å²) in [4.78, 5) is 12.0. The molecule has 0 spiro atoms. The molecule has 0 saturated heterocycles. The van der Waals surface area contributed by atoms with E-state index in [1.807, 2.05) is 19.1 Å². The molecule has 1 aromatic carbocycles. The summed E-state index contributed by atoms with van der Waals surface area (Å²) >= 11 is 3.19. The van der Waals surface area contributed by atoms with Crippen molar-refractivity contribution in [3.05, 3.63) is 51.9 Å². The molecule has 1 amide bonds. The number of hydrogen-bond acceptors (Lipinski definition) is 3. The first kappa shape index (κ1) is 13.8. The van der Waals surface area contributed by atoms with Crippen LogP contribution < -0.4 is 5.32 Å². The number of halogens is 1. The van der Waals surface area contributed by atoms with Crippen LogP contribution in [-0.2, 0) is 6.42 Å². The largest absolute Gasteiger partial charge is 0.444 e. The summed E-state index contributed by atoms with van der Waals surface area (Å²) < 4.78 is 5.82. The lowest BCUT2D eigenvalue weighted by atomic mass is 10.1. The Balaban J connectivity index is 2.08. The summed E-state index contributed by atoms with van der Waals surface area (Å²) in [7, 11) is 0. The van der Waals surface area contributed by atoms with Crippen LogP contribution >= 0.6 is 15.9 Å². The lowest BCUT2D eigenvalue weighted by molar-refractivity contribution is 0.0994. The minimum absolute atomic E-state index is 0.116. The van der Waals surface area contributed by atoms with E-state index in [1.165, 1.54) is 0 Å². The molecule has 0 aliphatic carbocycles. The number of furan rings is 1. The number of rotatable bonds is 4. The van der Waals surface area contributed by atoms with Gasteiger partial charge in [0.1, 0.15) is 0 Å². The molecule has 100 valence electrons. The van der Waals surface area contributed by atoms with Gasteiger partial charge in [-0.05, 0) is 53.0 Å². The molecular formula is C14H14BrNO3. The van der Waals surface area contributed by atoms with Gasteiger partial charge in [-0.1, -0.05) is 12.1 Å². The van der Waals surface area contributed by atoms with Crippen molar-refractivity contribution in [1.29, 1.82) is 0 Å². The fourth-order valence-electron chi connectivity index (χ4n) is 1.74. The van der Waals surface area contributed by atoms with Crippen LogP contribution in [0.3, 0.4) is 0 Å². The first-order chi connectivity index (χ1) is 9.10. The molecule has 1 heterocycles. The summed E-state index contributed by atoms with van der Waals surface area (Å²) in [6, 6.07) is 9.10. The van der Waals surface area contributed by atoms with E-state index in [1.54, 1.807) is 18.2 Å². The van der Waals surface area contributed by atoms with Crippen molar-refractivity contribution in [2.45, 2.75) is 13.3 Å². The molecule has 2 rings (SSSR count). The van der Waals surface area contributed by atoms with E-state index in [0.29, 0.717) is 22.5 Å². The number of aliphatic hydroxyl groups excluding tert-OH is 1. The Morgan fingerprint density at radius 2 is 2.05 bits per heavy atom. The zero-order valence-electron chi connectivity index (χ0n) is 10.4. The second-order valence-corrected chi connectivity index (χ2v) is 4.97. The summed E-state index contributed by atoms with van der Waals surface area (Å²) in [5.74, 6) is 0.0180. The smallest absolute Gasteiger partial charge is 0.291 e. The van der Waals surface area contributed by atoms with Gasteiger partial charge in [0.2, 0.25) is 0 Å². The second-order valence-electron chi connectivity index (χ2n) is 4.19. The molecule has 0 bridgehead atoms. The minimum atomic E-state index is -0.280. The average molecular weight is 324 g/mol. The predicted octanol–water partition coefficient (Wildman–Crippen LogP) is 3.14. The molecule has 0 unspecified atom stereocenters. The SMILES string of the molecule is Cc1cc(Br)oc1C(=O)Nc1ccc(CCO)cc1. The van der Waals surface area contributed by atoms with Gasteiger partial charge < -0.3 is 14.8 Å². The third kappa shape index (κ3) is 3.45. The maximum absolute atomic E-state index is 12.0. The number of carbonyl (C=O) groups is 1. The number of nitrogens with one attached hydrogen (secondary N) is 1. The highest BCUT2D eigenvalue weighted by Gasteiger charge is 2.14. The lowest BCUT2D eigenvalue weighted by Crippen LogP contribution is -2.12.